The van der Waals surface area contributed by atoms with E-state index in [-0.39, 0.29) is 23.7 Å². The van der Waals surface area contributed by atoms with Crippen LogP contribution in [0.2, 0.25) is 0 Å². The van der Waals surface area contributed by atoms with Gasteiger partial charge in [0.25, 0.3) is 5.91 Å². The highest BCUT2D eigenvalue weighted by atomic mass is 16.2. The van der Waals surface area contributed by atoms with Gasteiger partial charge in [-0.3, -0.25) is 14.9 Å². The van der Waals surface area contributed by atoms with Crippen molar-refractivity contribution < 1.29 is 4.79 Å². The maximum Gasteiger partial charge on any atom is 0.291 e. The normalized spacial score (nSPS) is 12.4. The van der Waals surface area contributed by atoms with Crippen molar-refractivity contribution in [2.45, 2.75) is 32.7 Å². The third-order valence-corrected chi connectivity index (χ3v) is 2.78. The first-order valence-electron chi connectivity index (χ1n) is 6.21. The molecule has 2 heterocycles. The van der Waals surface area contributed by atoms with Crippen molar-refractivity contribution in [2.75, 3.05) is 0 Å². The van der Waals surface area contributed by atoms with Crippen LogP contribution >= 0.6 is 0 Å². The van der Waals surface area contributed by atoms with Crippen LogP contribution in [-0.2, 0) is 0 Å². The van der Waals surface area contributed by atoms with Crippen molar-refractivity contribution >= 4 is 5.91 Å². The lowest BCUT2D eigenvalue weighted by Gasteiger charge is -2.12. The highest BCUT2D eigenvalue weighted by molar-refractivity contribution is 5.90. The summed E-state index contributed by atoms with van der Waals surface area (Å²) in [6, 6.07) is 3.61. The van der Waals surface area contributed by atoms with E-state index in [1.807, 2.05) is 32.9 Å². The molecule has 0 bridgehead atoms. The average Bonchev–Trinajstić information content (AvgIpc) is 2.89. The fourth-order valence-corrected chi connectivity index (χ4v) is 1.61. The van der Waals surface area contributed by atoms with Crippen LogP contribution in [-0.4, -0.2) is 26.1 Å². The van der Waals surface area contributed by atoms with Crippen LogP contribution in [0.3, 0.4) is 0 Å². The Kier molecular flexibility index (Phi) is 3.89. The first-order valence-corrected chi connectivity index (χ1v) is 6.21. The first kappa shape index (κ1) is 13.2. The number of aromatic nitrogens is 4. The molecule has 2 aromatic rings. The van der Waals surface area contributed by atoms with Crippen molar-refractivity contribution in [3.05, 3.63) is 41.7 Å². The number of amides is 1. The van der Waals surface area contributed by atoms with Gasteiger partial charge in [0, 0.05) is 18.3 Å². The molecule has 0 saturated heterocycles. The topological polar surface area (TPSA) is 83.6 Å². The molecule has 0 radical (unpaired) electrons. The van der Waals surface area contributed by atoms with Crippen molar-refractivity contribution in [2.24, 2.45) is 0 Å². The Morgan fingerprint density at radius 1 is 1.37 bits per heavy atom. The second-order valence-electron chi connectivity index (χ2n) is 4.68. The van der Waals surface area contributed by atoms with Crippen molar-refractivity contribution in [1.29, 1.82) is 0 Å². The van der Waals surface area contributed by atoms with E-state index in [0.29, 0.717) is 5.82 Å². The standard InChI is InChI=1S/C13H17N5O/c1-8(2)11-16-12(18-17-11)13(19)15-9(3)10-5-4-6-14-7-10/h4-9H,1-3H3,(H,15,19)(H,16,17,18). The first-order chi connectivity index (χ1) is 9.08. The number of hydrogen-bond acceptors (Lipinski definition) is 4. The lowest BCUT2D eigenvalue weighted by molar-refractivity contribution is 0.0929. The molecule has 0 fully saturated rings. The van der Waals surface area contributed by atoms with Gasteiger partial charge in [0.05, 0.1) is 6.04 Å². The van der Waals surface area contributed by atoms with E-state index in [1.54, 1.807) is 12.4 Å². The summed E-state index contributed by atoms with van der Waals surface area (Å²) in [6.07, 6.45) is 3.42. The SMILES string of the molecule is CC(C)c1nc(C(=O)NC(C)c2cccnc2)n[nH]1. The van der Waals surface area contributed by atoms with Gasteiger partial charge >= 0.3 is 0 Å². The van der Waals surface area contributed by atoms with E-state index in [9.17, 15) is 4.79 Å². The maximum absolute atomic E-state index is 12.0. The molecule has 1 amide bonds. The van der Waals surface area contributed by atoms with E-state index in [4.69, 9.17) is 0 Å². The predicted octanol–water partition coefficient (Wildman–Crippen LogP) is 1.81. The van der Waals surface area contributed by atoms with Crippen LogP contribution in [0.25, 0.3) is 0 Å². The molecular weight excluding hydrogens is 242 g/mol. The van der Waals surface area contributed by atoms with Gasteiger partial charge in [0.2, 0.25) is 5.82 Å². The minimum Gasteiger partial charge on any atom is -0.343 e. The van der Waals surface area contributed by atoms with Crippen LogP contribution in [0, 0.1) is 0 Å². The number of nitrogens with zero attached hydrogens (tertiary/aromatic N) is 3. The number of carbonyl (C=O) groups excluding carboxylic acids is 1. The summed E-state index contributed by atoms with van der Waals surface area (Å²) in [5.74, 6) is 0.794. The number of pyridine rings is 1. The van der Waals surface area contributed by atoms with E-state index in [0.717, 1.165) is 5.56 Å². The van der Waals surface area contributed by atoms with Gasteiger partial charge in [-0.2, -0.15) is 0 Å². The zero-order valence-electron chi connectivity index (χ0n) is 11.2. The Bertz CT molecular complexity index is 549. The second kappa shape index (κ2) is 5.60. The van der Waals surface area contributed by atoms with Gasteiger partial charge in [-0.05, 0) is 18.6 Å². The number of hydrogen-bond donors (Lipinski definition) is 2. The Balaban J connectivity index is 2.04. The van der Waals surface area contributed by atoms with E-state index in [1.165, 1.54) is 0 Å². The van der Waals surface area contributed by atoms with Gasteiger partial charge in [-0.15, -0.1) is 5.10 Å². The zero-order valence-corrected chi connectivity index (χ0v) is 11.2. The lowest BCUT2D eigenvalue weighted by Crippen LogP contribution is -2.27. The average molecular weight is 259 g/mol. The molecule has 1 atom stereocenters. The molecule has 6 nitrogen and oxygen atoms in total. The Morgan fingerprint density at radius 2 is 2.16 bits per heavy atom. The summed E-state index contributed by atoms with van der Waals surface area (Å²) in [7, 11) is 0. The molecule has 6 heteroatoms. The summed E-state index contributed by atoms with van der Waals surface area (Å²) < 4.78 is 0. The number of nitrogens with one attached hydrogen (secondary N) is 2. The molecule has 2 N–H and O–H groups in total. The lowest BCUT2D eigenvalue weighted by atomic mass is 10.1. The molecule has 0 aliphatic carbocycles. The summed E-state index contributed by atoms with van der Waals surface area (Å²) in [6.45, 7) is 5.87. The van der Waals surface area contributed by atoms with Crippen LogP contribution in [0.1, 0.15) is 54.7 Å². The maximum atomic E-state index is 12.0. The fourth-order valence-electron chi connectivity index (χ4n) is 1.61. The van der Waals surface area contributed by atoms with Gasteiger partial charge in [0.1, 0.15) is 5.82 Å². The Hall–Kier alpha value is -2.24. The van der Waals surface area contributed by atoms with Gasteiger partial charge in [-0.1, -0.05) is 19.9 Å². The fraction of sp³-hybridized carbons (Fsp3) is 0.385. The van der Waals surface area contributed by atoms with Crippen molar-refractivity contribution in [3.8, 4) is 0 Å². The smallest absolute Gasteiger partial charge is 0.291 e. The molecule has 2 rings (SSSR count). The molecule has 2 aromatic heterocycles. The number of H-pyrrole nitrogens is 1. The minimum atomic E-state index is -0.292. The number of carbonyl (C=O) groups is 1. The van der Waals surface area contributed by atoms with Gasteiger partial charge < -0.3 is 5.32 Å². The van der Waals surface area contributed by atoms with Crippen molar-refractivity contribution in [1.82, 2.24) is 25.5 Å². The predicted molar refractivity (Wildman–Crippen MR) is 70.6 cm³/mol. The highest BCUT2D eigenvalue weighted by Crippen LogP contribution is 2.11. The van der Waals surface area contributed by atoms with E-state index >= 15 is 0 Å². The Morgan fingerprint density at radius 3 is 2.74 bits per heavy atom. The summed E-state index contributed by atoms with van der Waals surface area (Å²) in [5, 5.41) is 9.53. The molecule has 19 heavy (non-hydrogen) atoms. The summed E-state index contributed by atoms with van der Waals surface area (Å²) in [4.78, 5) is 20.2. The summed E-state index contributed by atoms with van der Waals surface area (Å²) in [5.41, 5.74) is 0.940. The highest BCUT2D eigenvalue weighted by Gasteiger charge is 2.16. The van der Waals surface area contributed by atoms with E-state index < -0.39 is 0 Å². The molecule has 0 aliphatic heterocycles. The molecule has 0 aliphatic rings. The monoisotopic (exact) mass is 259 g/mol. The largest absolute Gasteiger partial charge is 0.343 e. The van der Waals surface area contributed by atoms with Crippen molar-refractivity contribution in [3.63, 3.8) is 0 Å². The number of aromatic amines is 1. The molecular formula is C13H17N5O. The second-order valence-corrected chi connectivity index (χ2v) is 4.68. The third-order valence-electron chi connectivity index (χ3n) is 2.78. The molecule has 0 saturated carbocycles. The van der Waals surface area contributed by atoms with Crippen LogP contribution in [0.4, 0.5) is 0 Å². The molecule has 1 unspecified atom stereocenters. The van der Waals surface area contributed by atoms with E-state index in [2.05, 4.69) is 25.5 Å². The number of rotatable bonds is 4. The minimum absolute atomic E-state index is 0.137. The zero-order chi connectivity index (χ0) is 13.8. The van der Waals surface area contributed by atoms with Gasteiger partial charge in [-0.25, -0.2) is 4.98 Å². The Labute approximate surface area is 111 Å². The van der Waals surface area contributed by atoms with Gasteiger partial charge in [0.15, 0.2) is 0 Å². The molecule has 0 spiro atoms. The van der Waals surface area contributed by atoms with Crippen LogP contribution < -0.4 is 5.32 Å². The molecule has 100 valence electrons. The van der Waals surface area contributed by atoms with Crippen LogP contribution in [0.5, 0.6) is 0 Å². The summed E-state index contributed by atoms with van der Waals surface area (Å²) >= 11 is 0. The quantitative estimate of drug-likeness (QED) is 0.877. The molecule has 0 aromatic carbocycles. The van der Waals surface area contributed by atoms with Crippen LogP contribution in [0.15, 0.2) is 24.5 Å². The third kappa shape index (κ3) is 3.15.